The molecule has 2 N–H and O–H groups in total. The van der Waals surface area contributed by atoms with Gasteiger partial charge < -0.3 is 15.1 Å². The zero-order chi connectivity index (χ0) is 24.7. The van der Waals surface area contributed by atoms with E-state index >= 15 is 0 Å². The zero-order valence-corrected chi connectivity index (χ0v) is 19.2. The van der Waals surface area contributed by atoms with Gasteiger partial charge in [-0.2, -0.15) is 0 Å². The Morgan fingerprint density at radius 1 is 0.944 bits per heavy atom. The quantitative estimate of drug-likeness (QED) is 0.315. The van der Waals surface area contributed by atoms with Crippen LogP contribution in [0.3, 0.4) is 0 Å². The molecule has 0 aliphatic rings. The first-order chi connectivity index (χ1) is 17.6. The lowest BCUT2D eigenvalue weighted by atomic mass is 10.00. The molecule has 3 aromatic carbocycles. The van der Waals surface area contributed by atoms with Crippen molar-refractivity contribution in [3.63, 3.8) is 0 Å². The number of urea groups is 1. The molecule has 2 amide bonds. The minimum Gasteiger partial charge on any atom is -0.443 e. The van der Waals surface area contributed by atoms with Crippen LogP contribution >= 0.6 is 0 Å². The van der Waals surface area contributed by atoms with E-state index < -0.39 is 0 Å². The predicted octanol–water partition coefficient (Wildman–Crippen LogP) is 5.79. The molecule has 0 saturated heterocycles. The van der Waals surface area contributed by atoms with Gasteiger partial charge in [-0.3, -0.25) is 4.98 Å². The Morgan fingerprint density at radius 2 is 1.78 bits per heavy atom. The number of benzene rings is 3. The second-order valence-corrected chi connectivity index (χ2v) is 8.04. The van der Waals surface area contributed by atoms with Gasteiger partial charge in [0, 0.05) is 35.8 Å². The van der Waals surface area contributed by atoms with Crippen LogP contribution < -0.4 is 10.6 Å². The Kier molecular flexibility index (Phi) is 6.68. The number of carbonyl (C=O) groups is 1. The molecule has 0 aliphatic heterocycles. The van der Waals surface area contributed by atoms with Crippen molar-refractivity contribution in [3.05, 3.63) is 114 Å². The third-order valence-corrected chi connectivity index (χ3v) is 5.55. The molecule has 5 aromatic rings. The minimum atomic E-state index is -0.313. The summed E-state index contributed by atoms with van der Waals surface area (Å²) in [6, 6.07) is 20.8. The van der Waals surface area contributed by atoms with Crippen molar-refractivity contribution in [3.8, 4) is 23.0 Å². The van der Waals surface area contributed by atoms with Gasteiger partial charge in [-0.05, 0) is 83.8 Å². The van der Waals surface area contributed by atoms with Crippen molar-refractivity contribution in [2.45, 2.75) is 6.42 Å². The first-order valence-electron chi connectivity index (χ1n) is 11.3. The summed E-state index contributed by atoms with van der Waals surface area (Å²) in [7, 11) is 0. The maximum atomic E-state index is 13.2. The minimum absolute atomic E-state index is 0.311. The van der Waals surface area contributed by atoms with Gasteiger partial charge in [0.25, 0.3) is 0 Å². The van der Waals surface area contributed by atoms with Gasteiger partial charge >= 0.3 is 6.03 Å². The van der Waals surface area contributed by atoms with Gasteiger partial charge in [-0.25, -0.2) is 14.2 Å². The number of amides is 2. The molecule has 176 valence electrons. The lowest BCUT2D eigenvalue weighted by Gasteiger charge is -2.11. The molecule has 36 heavy (non-hydrogen) atoms. The summed E-state index contributed by atoms with van der Waals surface area (Å²) in [5.74, 6) is 5.92. The van der Waals surface area contributed by atoms with E-state index in [1.54, 1.807) is 24.5 Å². The van der Waals surface area contributed by atoms with E-state index in [1.807, 2.05) is 48.5 Å². The van der Waals surface area contributed by atoms with E-state index in [9.17, 15) is 9.18 Å². The summed E-state index contributed by atoms with van der Waals surface area (Å²) in [5.41, 5.74) is 6.46. The average Bonchev–Trinajstić information content (AvgIpc) is 3.37. The fraction of sp³-hybridized carbons (Fsp3) is 0.0690. The number of hydrogen-bond donors (Lipinski definition) is 2. The van der Waals surface area contributed by atoms with Crippen molar-refractivity contribution in [1.29, 1.82) is 0 Å². The van der Waals surface area contributed by atoms with Crippen LogP contribution in [0, 0.1) is 17.7 Å². The molecular weight excluding hydrogens is 455 g/mol. The Balaban J connectivity index is 1.29. The lowest BCUT2D eigenvalue weighted by Crippen LogP contribution is -2.30. The van der Waals surface area contributed by atoms with Gasteiger partial charge in [0.2, 0.25) is 0 Å². The number of halogens is 1. The third-order valence-electron chi connectivity index (χ3n) is 5.55. The summed E-state index contributed by atoms with van der Waals surface area (Å²) in [4.78, 5) is 20.8. The summed E-state index contributed by atoms with van der Waals surface area (Å²) < 4.78 is 18.5. The summed E-state index contributed by atoms with van der Waals surface area (Å²) in [6.45, 7) is 0.460. The zero-order valence-electron chi connectivity index (χ0n) is 19.2. The second-order valence-electron chi connectivity index (χ2n) is 8.04. The van der Waals surface area contributed by atoms with Crippen LogP contribution in [0.5, 0.6) is 0 Å². The van der Waals surface area contributed by atoms with E-state index in [1.165, 1.54) is 18.5 Å². The number of pyridine rings is 1. The molecule has 2 aromatic heterocycles. The number of nitrogens with zero attached hydrogens (tertiary/aromatic N) is 2. The molecule has 0 atom stereocenters. The van der Waals surface area contributed by atoms with Crippen LogP contribution in [0.15, 0.2) is 96.0 Å². The molecule has 6 nitrogen and oxygen atoms in total. The molecule has 0 bridgehead atoms. The number of rotatable bonds is 5. The number of hydrogen-bond acceptors (Lipinski definition) is 4. The molecule has 2 heterocycles. The van der Waals surface area contributed by atoms with Crippen LogP contribution in [0.2, 0.25) is 0 Å². The van der Waals surface area contributed by atoms with Gasteiger partial charge in [-0.15, -0.1) is 0 Å². The molecule has 0 radical (unpaired) electrons. The molecule has 0 unspecified atom stereocenters. The Morgan fingerprint density at radius 3 is 2.61 bits per heavy atom. The Labute approximate surface area is 207 Å². The summed E-state index contributed by atoms with van der Waals surface area (Å²) >= 11 is 0. The topological polar surface area (TPSA) is 80.0 Å². The van der Waals surface area contributed by atoms with Gasteiger partial charge in [0.1, 0.15) is 11.3 Å². The van der Waals surface area contributed by atoms with Crippen molar-refractivity contribution in [2.75, 3.05) is 11.9 Å². The van der Waals surface area contributed by atoms with E-state index in [0.717, 1.165) is 33.4 Å². The third kappa shape index (κ3) is 5.57. The highest BCUT2D eigenvalue weighted by Crippen LogP contribution is 2.26. The number of oxazole rings is 1. The number of anilines is 1. The monoisotopic (exact) mass is 476 g/mol. The number of fused-ring (bicyclic) bond motifs is 1. The molecule has 5 rings (SSSR count). The summed E-state index contributed by atoms with van der Waals surface area (Å²) in [5, 5.41) is 5.75. The SMILES string of the molecule is O=C(NCCc1ccc2ocnc2c1)Nc1ccc(-c2ccncc2)c(C#Cc2ccc(F)cc2)c1. The number of aromatic nitrogens is 2. The molecule has 0 fully saturated rings. The van der Waals surface area contributed by atoms with Crippen LogP contribution in [-0.4, -0.2) is 22.5 Å². The first kappa shape index (κ1) is 22.8. The fourth-order valence-corrected chi connectivity index (χ4v) is 3.74. The largest absolute Gasteiger partial charge is 0.443 e. The van der Waals surface area contributed by atoms with E-state index in [-0.39, 0.29) is 11.8 Å². The van der Waals surface area contributed by atoms with Crippen molar-refractivity contribution in [2.24, 2.45) is 0 Å². The second kappa shape index (κ2) is 10.5. The Hall–Kier alpha value is -4.96. The predicted molar refractivity (Wildman–Crippen MR) is 137 cm³/mol. The molecule has 7 heteroatoms. The maximum absolute atomic E-state index is 13.2. The van der Waals surface area contributed by atoms with Gasteiger partial charge in [-0.1, -0.05) is 24.0 Å². The molecule has 0 spiro atoms. The number of carbonyl (C=O) groups excluding carboxylic acids is 1. The van der Waals surface area contributed by atoms with Crippen molar-refractivity contribution in [1.82, 2.24) is 15.3 Å². The van der Waals surface area contributed by atoms with Gasteiger partial charge in [0.15, 0.2) is 12.0 Å². The van der Waals surface area contributed by atoms with Crippen molar-refractivity contribution >= 4 is 22.8 Å². The lowest BCUT2D eigenvalue weighted by molar-refractivity contribution is 0.252. The average molecular weight is 477 g/mol. The first-order valence-corrected chi connectivity index (χ1v) is 11.3. The normalized spacial score (nSPS) is 10.5. The van der Waals surface area contributed by atoms with Crippen LogP contribution in [0.1, 0.15) is 16.7 Å². The fourth-order valence-electron chi connectivity index (χ4n) is 3.74. The van der Waals surface area contributed by atoms with Crippen molar-refractivity contribution < 1.29 is 13.6 Å². The summed E-state index contributed by atoms with van der Waals surface area (Å²) in [6.07, 6.45) is 5.50. The van der Waals surface area contributed by atoms with Crippen LogP contribution in [0.4, 0.5) is 14.9 Å². The maximum Gasteiger partial charge on any atom is 0.319 e. The molecule has 0 saturated carbocycles. The highest BCUT2D eigenvalue weighted by Gasteiger charge is 2.08. The Bertz CT molecular complexity index is 1570. The van der Waals surface area contributed by atoms with Gasteiger partial charge in [0.05, 0.1) is 0 Å². The highest BCUT2D eigenvalue weighted by molar-refractivity contribution is 5.90. The van der Waals surface area contributed by atoms with E-state index in [0.29, 0.717) is 24.2 Å². The van der Waals surface area contributed by atoms with Crippen LogP contribution in [-0.2, 0) is 6.42 Å². The smallest absolute Gasteiger partial charge is 0.319 e. The molecule has 0 aliphatic carbocycles. The van der Waals surface area contributed by atoms with E-state index in [2.05, 4.69) is 32.4 Å². The number of nitrogens with one attached hydrogen (secondary N) is 2. The molecular formula is C29H21FN4O2. The van der Waals surface area contributed by atoms with E-state index in [4.69, 9.17) is 4.42 Å². The standard InChI is InChI=1S/C29H21FN4O2/c30-24-6-2-20(3-7-24)1-5-23-18-25(8-9-26(23)22-12-14-31-15-13-22)34-29(35)32-16-11-21-4-10-28-27(17-21)33-19-36-28/h2-4,6-10,12-15,17-19H,11,16H2,(H2,32,34,35). The highest BCUT2D eigenvalue weighted by atomic mass is 19.1. The van der Waals surface area contributed by atoms with Crippen LogP contribution in [0.25, 0.3) is 22.2 Å².